The van der Waals surface area contributed by atoms with Crippen LogP contribution in [0.1, 0.15) is 11.1 Å². The van der Waals surface area contributed by atoms with Crippen LogP contribution in [-0.4, -0.2) is 0 Å². The predicted octanol–water partition coefficient (Wildman–Crippen LogP) is 1.60. The van der Waals surface area contributed by atoms with Gasteiger partial charge in [-0.3, -0.25) is 0 Å². The van der Waals surface area contributed by atoms with Gasteiger partial charge in [0.05, 0.1) is 0 Å². The van der Waals surface area contributed by atoms with Crippen molar-refractivity contribution in [3.8, 4) is 12.3 Å². The third kappa shape index (κ3) is 1.37. The molecule has 1 heteroatoms. The molecule has 1 radical (unpaired) electrons. The van der Waals surface area contributed by atoms with Crippen LogP contribution >= 0.6 is 0 Å². The Hall–Kier alpha value is -1.26. The molecule has 1 aromatic rings. The molecule has 0 atom stereocenters. The Labute approximate surface area is 60.3 Å². The van der Waals surface area contributed by atoms with E-state index in [2.05, 4.69) is 5.92 Å². The Kier molecular flexibility index (Phi) is 2.09. The van der Waals surface area contributed by atoms with Gasteiger partial charge in [-0.15, -0.1) is 6.42 Å². The van der Waals surface area contributed by atoms with Gasteiger partial charge in [0.2, 0.25) is 0 Å². The summed E-state index contributed by atoms with van der Waals surface area (Å²) >= 11 is 0. The predicted molar refractivity (Wildman–Crippen MR) is 38.8 cm³/mol. The average Bonchev–Trinajstić information content (AvgIpc) is 2.05. The van der Waals surface area contributed by atoms with Crippen molar-refractivity contribution >= 4 is 0 Å². The van der Waals surface area contributed by atoms with Crippen molar-refractivity contribution in [3.05, 3.63) is 35.4 Å². The zero-order chi connectivity index (χ0) is 7.40. The van der Waals surface area contributed by atoms with E-state index in [-0.39, 0.29) is 6.61 Å². The van der Waals surface area contributed by atoms with Gasteiger partial charge in [-0.1, -0.05) is 18.1 Å². The summed E-state index contributed by atoms with van der Waals surface area (Å²) in [7, 11) is 0. The van der Waals surface area contributed by atoms with Gasteiger partial charge in [0.1, 0.15) is 6.61 Å². The maximum Gasteiger partial charge on any atom is 0.107 e. The van der Waals surface area contributed by atoms with Gasteiger partial charge in [-0.25, -0.2) is 5.11 Å². The lowest BCUT2D eigenvalue weighted by Crippen LogP contribution is -1.81. The fraction of sp³-hybridized carbons (Fsp3) is 0.111. The number of rotatable bonds is 1. The first-order valence-electron chi connectivity index (χ1n) is 3.00. The largest absolute Gasteiger partial charge is 0.232 e. The second-order valence-electron chi connectivity index (χ2n) is 1.99. The number of hydrogen-bond donors (Lipinski definition) is 0. The highest BCUT2D eigenvalue weighted by Gasteiger charge is 1.90. The molecule has 1 aromatic carbocycles. The molecule has 1 nitrogen and oxygen atoms in total. The van der Waals surface area contributed by atoms with E-state index in [1.54, 1.807) is 24.3 Å². The quantitative estimate of drug-likeness (QED) is 0.516. The lowest BCUT2D eigenvalue weighted by molar-refractivity contribution is 0.177. The number of terminal acetylenes is 1. The van der Waals surface area contributed by atoms with Crippen molar-refractivity contribution in [3.63, 3.8) is 0 Å². The molecule has 0 saturated heterocycles. The lowest BCUT2D eigenvalue weighted by Gasteiger charge is -1.93. The summed E-state index contributed by atoms with van der Waals surface area (Å²) in [5, 5.41) is 10.3. The van der Waals surface area contributed by atoms with E-state index in [0.29, 0.717) is 0 Å². The Balaban J connectivity index is 3.01. The molecule has 0 amide bonds. The second kappa shape index (κ2) is 3.05. The maximum absolute atomic E-state index is 10.3. The molecule has 0 heterocycles. The second-order valence-corrected chi connectivity index (χ2v) is 1.99. The minimum Gasteiger partial charge on any atom is -0.232 e. The van der Waals surface area contributed by atoms with Crippen LogP contribution in [0.3, 0.4) is 0 Å². The van der Waals surface area contributed by atoms with Gasteiger partial charge in [-0.05, 0) is 17.7 Å². The first kappa shape index (κ1) is 6.85. The van der Waals surface area contributed by atoms with E-state index in [4.69, 9.17) is 6.42 Å². The zero-order valence-corrected chi connectivity index (χ0v) is 5.50. The van der Waals surface area contributed by atoms with E-state index in [0.717, 1.165) is 11.1 Å². The van der Waals surface area contributed by atoms with Crippen LogP contribution in [0.15, 0.2) is 24.3 Å². The standard InChI is InChI=1S/C9H7O/c1-2-8-4-3-5-9(6-8)7-10/h1,3-6H,7H2. The summed E-state index contributed by atoms with van der Waals surface area (Å²) in [6.07, 6.45) is 5.12. The Morgan fingerprint density at radius 1 is 1.50 bits per heavy atom. The molecule has 0 spiro atoms. The molecule has 1 rings (SSSR count). The number of hydrogen-bond acceptors (Lipinski definition) is 0. The Morgan fingerprint density at radius 3 is 2.90 bits per heavy atom. The molecule has 0 N–H and O–H groups in total. The van der Waals surface area contributed by atoms with Crippen molar-refractivity contribution in [1.82, 2.24) is 0 Å². The van der Waals surface area contributed by atoms with Crippen LogP contribution in [0, 0.1) is 12.3 Å². The molecule has 0 aliphatic carbocycles. The highest BCUT2D eigenvalue weighted by molar-refractivity contribution is 5.34. The molecule has 0 aromatic heterocycles. The third-order valence-electron chi connectivity index (χ3n) is 1.26. The van der Waals surface area contributed by atoms with Gasteiger partial charge in [0.25, 0.3) is 0 Å². The van der Waals surface area contributed by atoms with Crippen LogP contribution < -0.4 is 0 Å². The SMILES string of the molecule is C#Cc1cccc(C[O])c1. The Bertz CT molecular complexity index is 258. The van der Waals surface area contributed by atoms with Gasteiger partial charge in [0.15, 0.2) is 0 Å². The number of benzene rings is 1. The first-order chi connectivity index (χ1) is 4.86. The summed E-state index contributed by atoms with van der Waals surface area (Å²) in [5.41, 5.74) is 1.52. The summed E-state index contributed by atoms with van der Waals surface area (Å²) in [6, 6.07) is 7.10. The molecular weight excluding hydrogens is 124 g/mol. The van der Waals surface area contributed by atoms with Crippen LogP contribution in [0.4, 0.5) is 0 Å². The summed E-state index contributed by atoms with van der Waals surface area (Å²) in [6.45, 7) is -0.199. The van der Waals surface area contributed by atoms with E-state index in [9.17, 15) is 5.11 Å². The smallest absolute Gasteiger partial charge is 0.107 e. The summed E-state index contributed by atoms with van der Waals surface area (Å²) < 4.78 is 0. The van der Waals surface area contributed by atoms with E-state index in [1.807, 2.05) is 0 Å². The van der Waals surface area contributed by atoms with Gasteiger partial charge in [0, 0.05) is 5.56 Å². The normalized spacial score (nSPS) is 8.80. The molecular formula is C9H7O. The van der Waals surface area contributed by atoms with E-state index < -0.39 is 0 Å². The van der Waals surface area contributed by atoms with Crippen LogP contribution in [0.25, 0.3) is 0 Å². The molecule has 0 saturated carbocycles. The summed E-state index contributed by atoms with van der Waals surface area (Å²) in [4.78, 5) is 0. The van der Waals surface area contributed by atoms with Crippen LogP contribution in [0.2, 0.25) is 0 Å². The van der Waals surface area contributed by atoms with E-state index in [1.165, 1.54) is 0 Å². The highest BCUT2D eigenvalue weighted by atomic mass is 16.3. The molecule has 0 bridgehead atoms. The van der Waals surface area contributed by atoms with Gasteiger partial charge in [-0.2, -0.15) is 0 Å². The monoisotopic (exact) mass is 131 g/mol. The molecule has 10 heavy (non-hydrogen) atoms. The molecule has 0 aliphatic heterocycles. The van der Waals surface area contributed by atoms with Gasteiger partial charge < -0.3 is 0 Å². The van der Waals surface area contributed by atoms with E-state index >= 15 is 0 Å². The van der Waals surface area contributed by atoms with Crippen molar-refractivity contribution in [2.24, 2.45) is 0 Å². The van der Waals surface area contributed by atoms with Crippen LogP contribution in [0.5, 0.6) is 0 Å². The minimum atomic E-state index is -0.199. The topological polar surface area (TPSA) is 19.9 Å². The molecule has 49 valence electrons. The summed E-state index contributed by atoms with van der Waals surface area (Å²) in [5.74, 6) is 2.46. The first-order valence-corrected chi connectivity index (χ1v) is 3.00. The fourth-order valence-electron chi connectivity index (χ4n) is 0.751. The van der Waals surface area contributed by atoms with Crippen molar-refractivity contribution in [2.45, 2.75) is 6.61 Å². The van der Waals surface area contributed by atoms with Crippen LogP contribution in [-0.2, 0) is 11.7 Å². The van der Waals surface area contributed by atoms with Crippen molar-refractivity contribution in [1.29, 1.82) is 0 Å². The maximum atomic E-state index is 10.3. The zero-order valence-electron chi connectivity index (χ0n) is 5.50. The minimum absolute atomic E-state index is 0.199. The Morgan fingerprint density at radius 2 is 2.30 bits per heavy atom. The molecule has 0 aliphatic rings. The van der Waals surface area contributed by atoms with Crippen molar-refractivity contribution < 1.29 is 5.11 Å². The van der Waals surface area contributed by atoms with Gasteiger partial charge >= 0.3 is 0 Å². The highest BCUT2D eigenvalue weighted by Crippen LogP contribution is 2.02. The lowest BCUT2D eigenvalue weighted by atomic mass is 10.1. The van der Waals surface area contributed by atoms with Crippen molar-refractivity contribution in [2.75, 3.05) is 0 Å². The molecule has 0 unspecified atom stereocenters. The average molecular weight is 131 g/mol. The molecule has 0 fully saturated rings. The fourth-order valence-corrected chi connectivity index (χ4v) is 0.751. The third-order valence-corrected chi connectivity index (χ3v) is 1.26.